The highest BCUT2D eigenvalue weighted by molar-refractivity contribution is 6.33. The summed E-state index contributed by atoms with van der Waals surface area (Å²) in [6, 6.07) is 6.43. The minimum absolute atomic E-state index is 0.00456. The smallest absolute Gasteiger partial charge is 0.416 e. The number of alkyl halides is 6. The number of carbonyl (C=O) groups is 1. The molecule has 1 heterocycles. The zero-order valence-corrected chi connectivity index (χ0v) is 16.1. The number of furan rings is 1. The zero-order chi connectivity index (χ0) is 23.8. The Labute approximate surface area is 179 Å². The van der Waals surface area contributed by atoms with Crippen molar-refractivity contribution in [1.29, 1.82) is 0 Å². The van der Waals surface area contributed by atoms with Crippen molar-refractivity contribution in [2.45, 2.75) is 12.4 Å². The Bertz CT molecular complexity index is 1170. The number of non-ortho nitro benzene ring substituents is 1. The van der Waals surface area contributed by atoms with Crippen LogP contribution in [0.1, 0.15) is 21.7 Å². The minimum Gasteiger partial charge on any atom is -0.451 e. The lowest BCUT2D eigenvalue weighted by molar-refractivity contribution is -0.384. The number of carbonyl (C=O) groups excluding carboxylic acids is 1. The van der Waals surface area contributed by atoms with E-state index in [2.05, 4.69) is 0 Å². The van der Waals surface area contributed by atoms with E-state index in [9.17, 15) is 41.3 Å². The molecule has 3 rings (SSSR count). The number of hydrogen-bond acceptors (Lipinski definition) is 4. The van der Waals surface area contributed by atoms with Crippen LogP contribution in [0.2, 0.25) is 5.02 Å². The van der Waals surface area contributed by atoms with Gasteiger partial charge in [0, 0.05) is 23.4 Å². The van der Waals surface area contributed by atoms with Crippen LogP contribution in [0.15, 0.2) is 52.9 Å². The summed E-state index contributed by atoms with van der Waals surface area (Å²) in [6.07, 6.45) is -10.2. The van der Waals surface area contributed by atoms with Gasteiger partial charge < -0.3 is 9.73 Å². The molecule has 0 unspecified atom stereocenters. The highest BCUT2D eigenvalue weighted by Crippen LogP contribution is 2.38. The lowest BCUT2D eigenvalue weighted by atomic mass is 10.1. The second-order valence-corrected chi connectivity index (χ2v) is 6.74. The van der Waals surface area contributed by atoms with E-state index in [4.69, 9.17) is 16.0 Å². The van der Waals surface area contributed by atoms with Gasteiger partial charge in [-0.15, -0.1) is 0 Å². The monoisotopic (exact) mass is 478 g/mol. The first-order chi connectivity index (χ1) is 14.8. The molecule has 0 saturated heterocycles. The first-order valence-electron chi connectivity index (χ1n) is 8.40. The summed E-state index contributed by atoms with van der Waals surface area (Å²) in [7, 11) is 0. The average Bonchev–Trinajstić information content (AvgIpc) is 3.16. The van der Waals surface area contributed by atoms with E-state index in [1.807, 2.05) is 5.32 Å². The highest BCUT2D eigenvalue weighted by atomic mass is 35.5. The molecule has 0 atom stereocenters. The highest BCUT2D eigenvalue weighted by Gasteiger charge is 2.37. The van der Waals surface area contributed by atoms with E-state index in [1.54, 1.807) is 0 Å². The second-order valence-electron chi connectivity index (χ2n) is 6.33. The summed E-state index contributed by atoms with van der Waals surface area (Å²) >= 11 is 5.97. The minimum atomic E-state index is -5.08. The number of amides is 1. The molecule has 32 heavy (non-hydrogen) atoms. The number of nitrogens with one attached hydrogen (secondary N) is 1. The number of benzene rings is 2. The number of hydrogen-bond donors (Lipinski definition) is 1. The molecule has 168 valence electrons. The Morgan fingerprint density at radius 3 is 2.03 bits per heavy atom. The standard InChI is InChI=1S/C19H9ClF6N2O4/c20-14-8-12(28(30)31)1-2-13(14)15-3-4-16(32-15)17(29)27-11-6-9(18(21,22)23)5-10(7-11)19(24,25)26/h1-8H,(H,27,29). The number of nitro groups is 1. The van der Waals surface area contributed by atoms with Crippen molar-refractivity contribution in [3.05, 3.63) is 80.6 Å². The molecule has 0 fully saturated rings. The summed E-state index contributed by atoms with van der Waals surface area (Å²) in [5.41, 5.74) is -4.06. The lowest BCUT2D eigenvalue weighted by Crippen LogP contribution is -2.15. The topological polar surface area (TPSA) is 85.4 Å². The van der Waals surface area contributed by atoms with Crippen molar-refractivity contribution >= 4 is 28.9 Å². The average molecular weight is 479 g/mol. The van der Waals surface area contributed by atoms with E-state index < -0.39 is 45.8 Å². The maximum Gasteiger partial charge on any atom is 0.416 e. The van der Waals surface area contributed by atoms with Crippen LogP contribution >= 0.6 is 11.6 Å². The maximum atomic E-state index is 13.0. The maximum absolute atomic E-state index is 13.0. The SMILES string of the molecule is O=C(Nc1cc(C(F)(F)F)cc(C(F)(F)F)c1)c1ccc(-c2ccc([N+](=O)[O-])cc2Cl)o1. The molecule has 0 aliphatic rings. The van der Waals surface area contributed by atoms with Gasteiger partial charge in [0.05, 0.1) is 21.1 Å². The molecule has 2 aromatic carbocycles. The molecule has 0 aliphatic heterocycles. The number of halogens is 7. The van der Waals surface area contributed by atoms with Gasteiger partial charge in [0.25, 0.3) is 11.6 Å². The molecule has 6 nitrogen and oxygen atoms in total. The third-order valence-electron chi connectivity index (χ3n) is 4.10. The molecule has 0 spiro atoms. The molecule has 3 aromatic rings. The van der Waals surface area contributed by atoms with Gasteiger partial charge in [0.2, 0.25) is 0 Å². The normalized spacial score (nSPS) is 12.0. The fourth-order valence-electron chi connectivity index (χ4n) is 2.64. The van der Waals surface area contributed by atoms with Crippen LogP contribution in [0.25, 0.3) is 11.3 Å². The molecule has 13 heteroatoms. The predicted molar refractivity (Wildman–Crippen MR) is 100 cm³/mol. The Morgan fingerprint density at radius 1 is 0.938 bits per heavy atom. The zero-order valence-electron chi connectivity index (χ0n) is 15.3. The molecule has 0 aliphatic carbocycles. The predicted octanol–water partition coefficient (Wildman–Crippen LogP) is 6.80. The van der Waals surface area contributed by atoms with Crippen molar-refractivity contribution in [2.24, 2.45) is 0 Å². The van der Waals surface area contributed by atoms with Gasteiger partial charge in [0.1, 0.15) is 5.76 Å². The van der Waals surface area contributed by atoms with Crippen molar-refractivity contribution in [3.63, 3.8) is 0 Å². The fraction of sp³-hybridized carbons (Fsp3) is 0.105. The van der Waals surface area contributed by atoms with Crippen molar-refractivity contribution in [2.75, 3.05) is 5.32 Å². The van der Waals surface area contributed by atoms with Crippen molar-refractivity contribution in [3.8, 4) is 11.3 Å². The molecule has 1 aromatic heterocycles. The third kappa shape index (κ3) is 5.02. The Morgan fingerprint density at radius 2 is 1.53 bits per heavy atom. The van der Waals surface area contributed by atoms with Gasteiger partial charge in [0.15, 0.2) is 5.76 Å². The summed E-state index contributed by atoms with van der Waals surface area (Å²) in [6.45, 7) is 0. The molecular formula is C19H9ClF6N2O4. The van der Waals surface area contributed by atoms with Gasteiger partial charge in [-0.3, -0.25) is 14.9 Å². The summed E-state index contributed by atoms with van der Waals surface area (Å²) in [5, 5.41) is 12.6. The molecule has 0 saturated carbocycles. The first kappa shape index (κ1) is 23.1. The fourth-order valence-corrected chi connectivity index (χ4v) is 2.91. The summed E-state index contributed by atoms with van der Waals surface area (Å²) in [4.78, 5) is 22.4. The first-order valence-corrected chi connectivity index (χ1v) is 8.78. The summed E-state index contributed by atoms with van der Waals surface area (Å²) in [5.74, 6) is -1.57. The van der Waals surface area contributed by atoms with Crippen molar-refractivity contribution in [1.82, 2.24) is 0 Å². The Hall–Kier alpha value is -3.54. The number of nitrogens with zero attached hydrogens (tertiary/aromatic N) is 1. The molecular weight excluding hydrogens is 470 g/mol. The Balaban J connectivity index is 1.89. The number of rotatable bonds is 4. The van der Waals surface area contributed by atoms with Crippen LogP contribution in [0.5, 0.6) is 0 Å². The van der Waals surface area contributed by atoms with E-state index in [0.29, 0.717) is 12.1 Å². The van der Waals surface area contributed by atoms with Gasteiger partial charge in [-0.25, -0.2) is 0 Å². The number of nitro benzene ring substituents is 1. The summed E-state index contributed by atoms with van der Waals surface area (Å²) < 4.78 is 83.0. The lowest BCUT2D eigenvalue weighted by Gasteiger charge is -2.14. The second kappa shape index (κ2) is 8.19. The molecule has 0 radical (unpaired) electrons. The van der Waals surface area contributed by atoms with Crippen molar-refractivity contribution < 1.29 is 40.5 Å². The van der Waals surface area contributed by atoms with Gasteiger partial charge in [-0.2, -0.15) is 26.3 Å². The molecule has 1 N–H and O–H groups in total. The number of anilines is 1. The van der Waals surface area contributed by atoms with Gasteiger partial charge >= 0.3 is 12.4 Å². The van der Waals surface area contributed by atoms with Crippen LogP contribution in [0.4, 0.5) is 37.7 Å². The van der Waals surface area contributed by atoms with E-state index in [-0.39, 0.29) is 28.1 Å². The van der Waals surface area contributed by atoms with Crippen LogP contribution in [0, 0.1) is 10.1 Å². The molecule has 1 amide bonds. The van der Waals surface area contributed by atoms with E-state index in [1.165, 1.54) is 12.1 Å². The Kier molecular flexibility index (Phi) is 5.92. The van der Waals surface area contributed by atoms with Crippen LogP contribution < -0.4 is 5.32 Å². The van der Waals surface area contributed by atoms with Gasteiger partial charge in [-0.05, 0) is 36.4 Å². The molecule has 0 bridgehead atoms. The van der Waals surface area contributed by atoms with Gasteiger partial charge in [-0.1, -0.05) is 11.6 Å². The van der Waals surface area contributed by atoms with E-state index >= 15 is 0 Å². The third-order valence-corrected chi connectivity index (χ3v) is 4.42. The quantitative estimate of drug-likeness (QED) is 0.254. The van der Waals surface area contributed by atoms with Crippen LogP contribution in [-0.2, 0) is 12.4 Å². The van der Waals surface area contributed by atoms with Crippen LogP contribution in [0.3, 0.4) is 0 Å². The van der Waals surface area contributed by atoms with E-state index in [0.717, 1.165) is 18.2 Å². The largest absolute Gasteiger partial charge is 0.451 e. The van der Waals surface area contributed by atoms with Crippen LogP contribution in [-0.4, -0.2) is 10.8 Å².